The van der Waals surface area contributed by atoms with Crippen molar-refractivity contribution in [1.29, 1.82) is 0 Å². The van der Waals surface area contributed by atoms with E-state index in [-0.39, 0.29) is 9.79 Å². The predicted molar refractivity (Wildman–Crippen MR) is 97.2 cm³/mol. The van der Waals surface area contributed by atoms with Crippen molar-refractivity contribution in [2.24, 2.45) is 0 Å². The summed E-state index contributed by atoms with van der Waals surface area (Å²) in [5, 5.41) is 3.00. The molecule has 128 valence electrons. The molecule has 0 bridgehead atoms. The fraction of sp³-hybridized carbons (Fsp3) is 0.0588. The number of nitrogens with zero attached hydrogens (tertiary/aromatic N) is 2. The van der Waals surface area contributed by atoms with Gasteiger partial charge in [0.1, 0.15) is 5.82 Å². The number of nitrogens with one attached hydrogen (secondary N) is 1. The van der Waals surface area contributed by atoms with Crippen molar-refractivity contribution in [3.8, 4) is 0 Å². The molecule has 0 saturated heterocycles. The van der Waals surface area contributed by atoms with Crippen molar-refractivity contribution in [2.45, 2.75) is 16.7 Å². The molecule has 0 fully saturated rings. The molecule has 7 nitrogen and oxygen atoms in total. The number of anilines is 4. The maximum atomic E-state index is 12.6. The number of nitrogens with two attached hydrogens (primary N) is 2. The van der Waals surface area contributed by atoms with Gasteiger partial charge >= 0.3 is 0 Å². The maximum absolute atomic E-state index is 12.6. The van der Waals surface area contributed by atoms with E-state index in [1.165, 1.54) is 24.3 Å². The Balaban J connectivity index is 1.85. The van der Waals surface area contributed by atoms with Crippen molar-refractivity contribution in [2.75, 3.05) is 16.8 Å². The molecule has 2 aromatic carbocycles. The lowest BCUT2D eigenvalue weighted by Crippen LogP contribution is -2.04. The fourth-order valence-electron chi connectivity index (χ4n) is 2.28. The Bertz CT molecular complexity index is 980. The summed E-state index contributed by atoms with van der Waals surface area (Å²) in [6.45, 7) is 1.81. The second-order valence-electron chi connectivity index (χ2n) is 5.48. The third-order valence-electron chi connectivity index (χ3n) is 3.49. The van der Waals surface area contributed by atoms with Crippen molar-refractivity contribution in [1.82, 2.24) is 9.97 Å². The molecule has 0 atom stereocenters. The molecule has 0 radical (unpaired) electrons. The number of aryl methyl sites for hydroxylation is 1. The molecule has 0 aliphatic heterocycles. The van der Waals surface area contributed by atoms with Crippen LogP contribution in [-0.4, -0.2) is 18.4 Å². The van der Waals surface area contributed by atoms with Crippen molar-refractivity contribution in [3.05, 3.63) is 60.3 Å². The average molecular weight is 355 g/mol. The highest BCUT2D eigenvalue weighted by atomic mass is 32.2. The van der Waals surface area contributed by atoms with Crippen LogP contribution >= 0.6 is 0 Å². The van der Waals surface area contributed by atoms with Gasteiger partial charge in [-0.25, -0.2) is 13.4 Å². The van der Waals surface area contributed by atoms with Gasteiger partial charge in [-0.2, -0.15) is 4.98 Å². The molecule has 3 rings (SSSR count). The molecule has 0 unspecified atom stereocenters. The highest BCUT2D eigenvalue weighted by molar-refractivity contribution is 7.91. The number of hydrogen-bond donors (Lipinski definition) is 3. The summed E-state index contributed by atoms with van der Waals surface area (Å²) < 4.78 is 25.2. The van der Waals surface area contributed by atoms with E-state index in [1.807, 2.05) is 6.92 Å². The van der Waals surface area contributed by atoms with Crippen molar-refractivity contribution < 1.29 is 8.42 Å². The minimum absolute atomic E-state index is 0.187. The van der Waals surface area contributed by atoms with Crippen molar-refractivity contribution >= 4 is 33.0 Å². The quantitative estimate of drug-likeness (QED) is 0.614. The molecule has 3 aromatic rings. The van der Waals surface area contributed by atoms with Crippen LogP contribution in [0.4, 0.5) is 23.1 Å². The molecular formula is C17H17N5O2S. The van der Waals surface area contributed by atoms with Crippen LogP contribution in [0.25, 0.3) is 0 Å². The van der Waals surface area contributed by atoms with E-state index in [1.54, 1.807) is 30.3 Å². The van der Waals surface area contributed by atoms with Gasteiger partial charge in [-0.15, -0.1) is 0 Å². The van der Waals surface area contributed by atoms with E-state index < -0.39 is 9.84 Å². The maximum Gasteiger partial charge on any atom is 0.229 e. The standard InChI is InChI=1S/C17H17N5O2S/c1-11-10-16(19)22-17(20-11)21-13-4-8-15(9-5-13)25(23,24)14-6-2-12(18)3-7-14/h2-10H,18H2,1H3,(H3,19,20,21,22). The van der Waals surface area contributed by atoms with Gasteiger partial charge in [-0.3, -0.25) is 0 Å². The third-order valence-corrected chi connectivity index (χ3v) is 5.27. The molecule has 0 saturated carbocycles. The summed E-state index contributed by atoms with van der Waals surface area (Å²) in [7, 11) is -3.59. The minimum atomic E-state index is -3.59. The van der Waals surface area contributed by atoms with Crippen LogP contribution < -0.4 is 16.8 Å². The Morgan fingerprint density at radius 1 is 0.880 bits per heavy atom. The topological polar surface area (TPSA) is 124 Å². The Kier molecular flexibility index (Phi) is 4.28. The Morgan fingerprint density at radius 2 is 1.44 bits per heavy atom. The van der Waals surface area contributed by atoms with Crippen LogP contribution in [0.3, 0.4) is 0 Å². The largest absolute Gasteiger partial charge is 0.399 e. The smallest absolute Gasteiger partial charge is 0.229 e. The Hall–Kier alpha value is -3.13. The molecule has 0 amide bonds. The zero-order valence-electron chi connectivity index (χ0n) is 13.5. The first-order valence-electron chi connectivity index (χ1n) is 7.43. The SMILES string of the molecule is Cc1cc(N)nc(Nc2ccc(S(=O)(=O)c3ccc(N)cc3)cc2)n1. The van der Waals surface area contributed by atoms with Crippen LogP contribution in [0.15, 0.2) is 64.4 Å². The second kappa shape index (κ2) is 6.40. The summed E-state index contributed by atoms with van der Waals surface area (Å²) in [5.74, 6) is 0.712. The van der Waals surface area contributed by atoms with Crippen LogP contribution in [-0.2, 0) is 9.84 Å². The molecular weight excluding hydrogens is 338 g/mol. The highest BCUT2D eigenvalue weighted by Crippen LogP contribution is 2.24. The Labute approximate surface area is 145 Å². The zero-order chi connectivity index (χ0) is 18.0. The molecule has 1 heterocycles. The molecule has 0 aliphatic carbocycles. The van der Waals surface area contributed by atoms with Crippen LogP contribution in [0.1, 0.15) is 5.69 Å². The molecule has 0 spiro atoms. The molecule has 1 aromatic heterocycles. The summed E-state index contributed by atoms with van der Waals surface area (Å²) in [4.78, 5) is 8.69. The molecule has 0 aliphatic rings. The lowest BCUT2D eigenvalue weighted by Gasteiger charge is -2.08. The van der Waals surface area contributed by atoms with E-state index in [0.717, 1.165) is 5.69 Å². The number of benzene rings is 2. The monoisotopic (exact) mass is 355 g/mol. The van der Waals surface area contributed by atoms with Gasteiger partial charge in [0.2, 0.25) is 15.8 Å². The Morgan fingerprint density at radius 3 is 2.00 bits per heavy atom. The second-order valence-corrected chi connectivity index (χ2v) is 7.43. The number of aromatic nitrogens is 2. The number of rotatable bonds is 4. The van der Waals surface area contributed by atoms with E-state index in [4.69, 9.17) is 11.5 Å². The number of hydrogen-bond acceptors (Lipinski definition) is 7. The zero-order valence-corrected chi connectivity index (χ0v) is 14.3. The first kappa shape index (κ1) is 16.7. The normalized spacial score (nSPS) is 11.2. The molecule has 5 N–H and O–H groups in total. The number of sulfone groups is 1. The van der Waals surface area contributed by atoms with Gasteiger partial charge in [0.15, 0.2) is 0 Å². The van der Waals surface area contributed by atoms with Gasteiger partial charge < -0.3 is 16.8 Å². The summed E-state index contributed by atoms with van der Waals surface area (Å²) in [6.07, 6.45) is 0. The predicted octanol–water partition coefficient (Wildman–Crippen LogP) is 2.53. The van der Waals surface area contributed by atoms with Crippen molar-refractivity contribution in [3.63, 3.8) is 0 Å². The van der Waals surface area contributed by atoms with Gasteiger partial charge in [-0.1, -0.05) is 0 Å². The number of nitrogen functional groups attached to an aromatic ring is 2. The first-order valence-corrected chi connectivity index (χ1v) is 8.92. The van der Waals surface area contributed by atoms with Crippen LogP contribution in [0.5, 0.6) is 0 Å². The summed E-state index contributed by atoms with van der Waals surface area (Å²) >= 11 is 0. The van der Waals surface area contributed by atoms with Gasteiger partial charge in [0, 0.05) is 23.1 Å². The van der Waals surface area contributed by atoms with Gasteiger partial charge in [0.05, 0.1) is 9.79 Å². The minimum Gasteiger partial charge on any atom is -0.399 e. The van der Waals surface area contributed by atoms with Crippen LogP contribution in [0, 0.1) is 6.92 Å². The molecule has 8 heteroatoms. The lowest BCUT2D eigenvalue weighted by molar-refractivity contribution is 0.596. The highest BCUT2D eigenvalue weighted by Gasteiger charge is 2.17. The fourth-order valence-corrected chi connectivity index (χ4v) is 3.54. The first-order chi connectivity index (χ1) is 11.8. The van der Waals surface area contributed by atoms with E-state index >= 15 is 0 Å². The molecule has 25 heavy (non-hydrogen) atoms. The van der Waals surface area contributed by atoms with Gasteiger partial charge in [0.25, 0.3) is 0 Å². The third kappa shape index (κ3) is 3.69. The average Bonchev–Trinajstić information content (AvgIpc) is 2.55. The van der Waals surface area contributed by atoms with Crippen LogP contribution in [0.2, 0.25) is 0 Å². The summed E-state index contributed by atoms with van der Waals surface area (Å²) in [6, 6.07) is 14.1. The summed E-state index contributed by atoms with van der Waals surface area (Å²) in [5.41, 5.74) is 13.2. The van der Waals surface area contributed by atoms with E-state index in [0.29, 0.717) is 23.1 Å². The van der Waals surface area contributed by atoms with E-state index in [9.17, 15) is 8.42 Å². The van der Waals surface area contributed by atoms with E-state index in [2.05, 4.69) is 15.3 Å². The lowest BCUT2D eigenvalue weighted by atomic mass is 10.3. The van der Waals surface area contributed by atoms with Gasteiger partial charge in [-0.05, 0) is 55.5 Å².